The summed E-state index contributed by atoms with van der Waals surface area (Å²) >= 11 is 0. The van der Waals surface area contributed by atoms with E-state index in [9.17, 15) is 23.2 Å². The summed E-state index contributed by atoms with van der Waals surface area (Å²) in [6.07, 6.45) is 1.55. The highest BCUT2D eigenvalue weighted by atomic mass is 19.3. The van der Waals surface area contributed by atoms with E-state index >= 15 is 0 Å². The van der Waals surface area contributed by atoms with Crippen LogP contribution < -0.4 is 4.90 Å². The van der Waals surface area contributed by atoms with E-state index in [2.05, 4.69) is 4.98 Å². The van der Waals surface area contributed by atoms with Crippen molar-refractivity contribution < 1.29 is 27.9 Å². The van der Waals surface area contributed by atoms with E-state index in [-0.39, 0.29) is 48.5 Å². The first kappa shape index (κ1) is 32.1. The number of hydrogen-bond donors (Lipinski definition) is 0. The van der Waals surface area contributed by atoms with Gasteiger partial charge in [-0.05, 0) is 39.7 Å². The van der Waals surface area contributed by atoms with Crippen molar-refractivity contribution in [2.24, 2.45) is 5.92 Å². The summed E-state index contributed by atoms with van der Waals surface area (Å²) in [6.45, 7) is 17.2. The first-order valence-corrected chi connectivity index (χ1v) is 15.1. The lowest BCUT2D eigenvalue weighted by atomic mass is 9.88. The SMILES string of the molecule is CCCC(F)(F)c1cc2c(cn1)C(C)(C)CN2C(=O)CN1C[C@@H](C)N(C(=O)OC(C)(C)C)C[C@@H]1CN1C[C@@H](C)CC1=O. The van der Waals surface area contributed by atoms with E-state index in [1.165, 1.54) is 12.3 Å². The number of pyridine rings is 1. The van der Waals surface area contributed by atoms with Gasteiger partial charge in [-0.2, -0.15) is 8.78 Å². The molecule has 0 radical (unpaired) electrons. The Balaban J connectivity index is 1.59. The molecule has 1 aromatic heterocycles. The molecule has 0 saturated carbocycles. The molecule has 3 amide bonds. The van der Waals surface area contributed by atoms with Crippen molar-refractivity contribution in [2.45, 2.75) is 104 Å². The second-order valence-corrected chi connectivity index (χ2v) is 14.1. The van der Waals surface area contributed by atoms with Crippen molar-refractivity contribution in [1.29, 1.82) is 0 Å². The number of aromatic nitrogens is 1. The Morgan fingerprint density at radius 2 is 1.83 bits per heavy atom. The molecule has 3 aliphatic rings. The predicted octanol–water partition coefficient (Wildman–Crippen LogP) is 4.78. The quantitative estimate of drug-likeness (QED) is 0.454. The maximum atomic E-state index is 14.8. The first-order valence-electron chi connectivity index (χ1n) is 15.1. The first-order chi connectivity index (χ1) is 19.4. The maximum Gasteiger partial charge on any atom is 0.410 e. The van der Waals surface area contributed by atoms with Gasteiger partial charge in [0.2, 0.25) is 11.8 Å². The fourth-order valence-electron chi connectivity index (χ4n) is 6.33. The maximum absolute atomic E-state index is 14.8. The summed E-state index contributed by atoms with van der Waals surface area (Å²) in [5.41, 5.74) is -0.180. The molecular formula is C31H47F2N5O4. The minimum Gasteiger partial charge on any atom is -0.444 e. The fourth-order valence-corrected chi connectivity index (χ4v) is 6.33. The van der Waals surface area contributed by atoms with Crippen LogP contribution in [-0.2, 0) is 25.7 Å². The molecule has 4 heterocycles. The molecule has 2 fully saturated rings. The lowest BCUT2D eigenvalue weighted by Gasteiger charge is -2.46. The second kappa shape index (κ2) is 11.7. The van der Waals surface area contributed by atoms with Gasteiger partial charge in [-0.15, -0.1) is 0 Å². The summed E-state index contributed by atoms with van der Waals surface area (Å²) in [4.78, 5) is 51.0. The molecule has 1 aromatic rings. The molecule has 0 aliphatic carbocycles. The number of rotatable bonds is 7. The Labute approximate surface area is 248 Å². The van der Waals surface area contributed by atoms with Gasteiger partial charge in [0.15, 0.2) is 0 Å². The summed E-state index contributed by atoms with van der Waals surface area (Å²) in [7, 11) is 0. The molecule has 3 atom stereocenters. The smallest absolute Gasteiger partial charge is 0.410 e. The normalized spacial score (nSPS) is 24.8. The van der Waals surface area contributed by atoms with Crippen LogP contribution in [0, 0.1) is 5.92 Å². The van der Waals surface area contributed by atoms with Crippen LogP contribution in [0.25, 0.3) is 0 Å². The van der Waals surface area contributed by atoms with Gasteiger partial charge in [-0.25, -0.2) is 4.79 Å². The highest BCUT2D eigenvalue weighted by Gasteiger charge is 2.44. The third-order valence-electron chi connectivity index (χ3n) is 8.46. The Morgan fingerprint density at radius 1 is 1.14 bits per heavy atom. The third kappa shape index (κ3) is 6.87. The minimum absolute atomic E-state index is 0.0350. The van der Waals surface area contributed by atoms with E-state index in [1.807, 2.05) is 58.3 Å². The van der Waals surface area contributed by atoms with Gasteiger partial charge in [0.25, 0.3) is 5.92 Å². The van der Waals surface area contributed by atoms with Crippen LogP contribution in [0.3, 0.4) is 0 Å². The van der Waals surface area contributed by atoms with Gasteiger partial charge in [-0.3, -0.25) is 19.5 Å². The van der Waals surface area contributed by atoms with Gasteiger partial charge in [0.1, 0.15) is 11.3 Å². The molecule has 42 heavy (non-hydrogen) atoms. The Hall–Kier alpha value is -2.82. The van der Waals surface area contributed by atoms with E-state index in [0.717, 1.165) is 5.56 Å². The highest BCUT2D eigenvalue weighted by Crippen LogP contribution is 2.43. The molecule has 0 bridgehead atoms. The molecule has 0 aromatic carbocycles. The minimum atomic E-state index is -3.08. The van der Waals surface area contributed by atoms with Gasteiger partial charge < -0.3 is 19.4 Å². The van der Waals surface area contributed by atoms with Crippen molar-refractivity contribution in [2.75, 3.05) is 44.2 Å². The van der Waals surface area contributed by atoms with Gasteiger partial charge in [0.05, 0.1) is 12.2 Å². The lowest BCUT2D eigenvalue weighted by molar-refractivity contribution is -0.129. The van der Waals surface area contributed by atoms with Crippen molar-refractivity contribution in [3.05, 3.63) is 23.5 Å². The number of fused-ring (bicyclic) bond motifs is 1. The van der Waals surface area contributed by atoms with Gasteiger partial charge >= 0.3 is 6.09 Å². The zero-order valence-corrected chi connectivity index (χ0v) is 26.4. The van der Waals surface area contributed by atoms with Crippen LogP contribution in [-0.4, -0.2) is 94.5 Å². The van der Waals surface area contributed by atoms with Crippen LogP contribution in [0.5, 0.6) is 0 Å². The third-order valence-corrected chi connectivity index (χ3v) is 8.46. The molecule has 234 valence electrons. The van der Waals surface area contributed by atoms with E-state index in [0.29, 0.717) is 51.3 Å². The zero-order chi connectivity index (χ0) is 31.2. The average Bonchev–Trinajstić information content (AvgIpc) is 3.32. The van der Waals surface area contributed by atoms with E-state index < -0.39 is 23.0 Å². The van der Waals surface area contributed by atoms with Gasteiger partial charge in [0, 0.05) is 74.8 Å². The zero-order valence-electron chi connectivity index (χ0n) is 26.4. The largest absolute Gasteiger partial charge is 0.444 e. The number of halogens is 2. The van der Waals surface area contributed by atoms with Crippen molar-refractivity contribution in [3.8, 4) is 0 Å². The van der Waals surface area contributed by atoms with E-state index in [4.69, 9.17) is 4.74 Å². The number of nitrogens with zero attached hydrogens (tertiary/aromatic N) is 5. The molecule has 11 heteroatoms. The van der Waals surface area contributed by atoms with Crippen molar-refractivity contribution in [1.82, 2.24) is 19.7 Å². The van der Waals surface area contributed by atoms with Crippen LogP contribution in [0.1, 0.15) is 85.9 Å². The molecule has 9 nitrogen and oxygen atoms in total. The lowest BCUT2D eigenvalue weighted by Crippen LogP contribution is -2.63. The van der Waals surface area contributed by atoms with Crippen molar-refractivity contribution >= 4 is 23.6 Å². The van der Waals surface area contributed by atoms with Crippen molar-refractivity contribution in [3.63, 3.8) is 0 Å². The molecule has 2 saturated heterocycles. The molecule has 0 spiro atoms. The Bertz CT molecular complexity index is 1200. The summed E-state index contributed by atoms with van der Waals surface area (Å²) in [5, 5.41) is 0. The summed E-state index contributed by atoms with van der Waals surface area (Å²) in [6, 6.07) is 0.856. The molecule has 4 rings (SSSR count). The monoisotopic (exact) mass is 591 g/mol. The Morgan fingerprint density at radius 3 is 2.43 bits per heavy atom. The number of ether oxygens (including phenoxy) is 1. The van der Waals surface area contributed by atoms with Crippen LogP contribution in [0.2, 0.25) is 0 Å². The number of piperazine rings is 1. The number of carbonyl (C=O) groups is 3. The average molecular weight is 592 g/mol. The Kier molecular flexibility index (Phi) is 8.94. The van der Waals surface area contributed by atoms with Crippen LogP contribution in [0.4, 0.5) is 19.3 Å². The number of carbonyl (C=O) groups excluding carboxylic acids is 3. The number of anilines is 1. The molecule has 0 N–H and O–H groups in total. The number of amides is 3. The van der Waals surface area contributed by atoms with Crippen LogP contribution in [0.15, 0.2) is 12.3 Å². The number of likely N-dealkylation sites (tertiary alicyclic amines) is 1. The standard InChI is InChI=1S/C31H47F2N5O4/c1-9-10-31(32,33)25-12-24-23(13-34-25)30(7,8)19-38(24)27(40)18-35-15-21(3)37(28(41)42-29(4,5)6)17-22(35)16-36-14-20(2)11-26(36)39/h12-13,20-22H,9-11,14-19H2,1-8H3/t20-,21+,22-/m0/s1. The predicted molar refractivity (Wildman–Crippen MR) is 157 cm³/mol. The fraction of sp³-hybridized carbons (Fsp3) is 0.742. The molecule has 0 unspecified atom stereocenters. The van der Waals surface area contributed by atoms with E-state index in [1.54, 1.807) is 16.7 Å². The number of alkyl halides is 2. The molecular weight excluding hydrogens is 544 g/mol. The molecule has 3 aliphatic heterocycles. The number of hydrogen-bond acceptors (Lipinski definition) is 6. The van der Waals surface area contributed by atoms with Crippen LogP contribution >= 0.6 is 0 Å². The second-order valence-electron chi connectivity index (χ2n) is 14.1. The topological polar surface area (TPSA) is 86.3 Å². The van der Waals surface area contributed by atoms with Gasteiger partial charge in [-0.1, -0.05) is 34.1 Å². The highest BCUT2D eigenvalue weighted by molar-refractivity contribution is 5.97. The summed E-state index contributed by atoms with van der Waals surface area (Å²) in [5.74, 6) is -2.97. The summed E-state index contributed by atoms with van der Waals surface area (Å²) < 4.78 is 35.3.